The van der Waals surface area contributed by atoms with E-state index in [9.17, 15) is 25.2 Å². The lowest BCUT2D eigenvalue weighted by atomic mass is 9.66. The summed E-state index contributed by atoms with van der Waals surface area (Å²) in [5.41, 5.74) is 1.27. The topological polar surface area (TPSA) is 124 Å². The quantitative estimate of drug-likeness (QED) is 0.308. The van der Waals surface area contributed by atoms with Crippen molar-refractivity contribution in [3.8, 4) is 23.0 Å². The monoisotopic (exact) mass is 436 g/mol. The van der Waals surface area contributed by atoms with E-state index in [0.717, 1.165) is 18.9 Å². The molecule has 0 spiro atoms. The minimum Gasteiger partial charge on any atom is -0.508 e. The van der Waals surface area contributed by atoms with Gasteiger partial charge in [0, 0.05) is 23.8 Å². The summed E-state index contributed by atoms with van der Waals surface area (Å²) in [4.78, 5) is 12.5. The molecule has 7 heteroatoms. The molecule has 2 aromatic heterocycles. The van der Waals surface area contributed by atoms with Crippen LogP contribution in [-0.2, 0) is 6.42 Å². The van der Waals surface area contributed by atoms with E-state index in [0.29, 0.717) is 17.4 Å². The molecular formula is C25H24O7. The third kappa shape index (κ3) is 2.84. The van der Waals surface area contributed by atoms with Crippen LogP contribution in [0.3, 0.4) is 0 Å². The van der Waals surface area contributed by atoms with Crippen molar-refractivity contribution in [3.63, 3.8) is 0 Å². The molecule has 166 valence electrons. The van der Waals surface area contributed by atoms with E-state index in [2.05, 4.69) is 26.8 Å². The number of fused-ring (bicyclic) bond motifs is 4. The van der Waals surface area contributed by atoms with Crippen LogP contribution in [0.25, 0.3) is 33.1 Å². The standard InChI is InChI=1S/C25H24O7/c1-11-5-4-6-25(2,3)14(11)9-13-19-18(10-16(28)21(13)29)32-24-22(30)20-15(27)7-12(26)8-17(20)31-23(19)24/h5,7-8,10,14,26-27,29-30H,4,6,9H2,1-3H3/t14-/m0/s1. The molecule has 0 bridgehead atoms. The number of allylic oxidation sites excluding steroid dienone is 2. The maximum atomic E-state index is 12.5. The first kappa shape index (κ1) is 20.3. The van der Waals surface area contributed by atoms with Crippen molar-refractivity contribution in [1.82, 2.24) is 0 Å². The smallest absolute Gasteiger partial charge is 0.224 e. The number of hydrogen-bond acceptors (Lipinski definition) is 7. The molecule has 0 radical (unpaired) electrons. The Labute approximate surface area is 182 Å². The van der Waals surface area contributed by atoms with E-state index in [1.54, 1.807) is 0 Å². The molecule has 1 atom stereocenters. The molecule has 0 aliphatic heterocycles. The fraction of sp³-hybridized carbons (Fsp3) is 0.320. The molecule has 5 rings (SSSR count). The summed E-state index contributed by atoms with van der Waals surface area (Å²) in [7, 11) is 0. The summed E-state index contributed by atoms with van der Waals surface area (Å²) >= 11 is 0. The number of rotatable bonds is 2. The highest BCUT2D eigenvalue weighted by Crippen LogP contribution is 2.48. The fourth-order valence-corrected chi connectivity index (χ4v) is 5.10. The second-order valence-corrected chi connectivity index (χ2v) is 9.36. The predicted octanol–water partition coefficient (Wildman–Crippen LogP) is 5.44. The summed E-state index contributed by atoms with van der Waals surface area (Å²) < 4.78 is 11.7. The molecule has 2 heterocycles. The molecule has 4 aromatic rings. The second kappa shape index (κ2) is 6.69. The summed E-state index contributed by atoms with van der Waals surface area (Å²) in [5.74, 6) is -1.27. The lowest BCUT2D eigenvalue weighted by Crippen LogP contribution is -2.30. The summed E-state index contributed by atoms with van der Waals surface area (Å²) in [6.07, 6.45) is 4.54. The molecule has 0 amide bonds. The lowest BCUT2D eigenvalue weighted by Gasteiger charge is -2.38. The van der Waals surface area contributed by atoms with E-state index in [1.165, 1.54) is 17.7 Å². The van der Waals surface area contributed by atoms with Crippen LogP contribution in [0.2, 0.25) is 0 Å². The molecule has 1 aliphatic carbocycles. The molecule has 0 saturated carbocycles. The number of aromatic hydroxyl groups is 4. The zero-order valence-corrected chi connectivity index (χ0v) is 18.0. The highest BCUT2D eigenvalue weighted by molar-refractivity contribution is 6.10. The van der Waals surface area contributed by atoms with Gasteiger partial charge in [0.05, 0.1) is 5.39 Å². The number of hydrogen-bond donors (Lipinski definition) is 4. The van der Waals surface area contributed by atoms with Gasteiger partial charge in [-0.15, -0.1) is 0 Å². The van der Waals surface area contributed by atoms with E-state index < -0.39 is 5.43 Å². The average molecular weight is 436 g/mol. The molecule has 1 aliphatic rings. The summed E-state index contributed by atoms with van der Waals surface area (Å²) in [6.45, 7) is 6.40. The Kier molecular flexibility index (Phi) is 4.25. The fourth-order valence-electron chi connectivity index (χ4n) is 5.10. The molecule has 0 fully saturated rings. The maximum absolute atomic E-state index is 12.5. The number of furan rings is 1. The van der Waals surface area contributed by atoms with Gasteiger partial charge in [-0.1, -0.05) is 25.5 Å². The van der Waals surface area contributed by atoms with Gasteiger partial charge in [0.2, 0.25) is 11.0 Å². The van der Waals surface area contributed by atoms with Gasteiger partial charge in [-0.05, 0) is 37.5 Å². The number of benzene rings is 2. The normalized spacial score (nSPS) is 18.5. The van der Waals surface area contributed by atoms with Crippen LogP contribution in [-0.4, -0.2) is 20.4 Å². The number of phenolic OH excluding ortho intramolecular Hbond substituents is 3. The van der Waals surface area contributed by atoms with Crippen LogP contribution in [0.1, 0.15) is 39.2 Å². The third-order valence-electron chi connectivity index (χ3n) is 6.86. The Bertz CT molecular complexity index is 1500. The maximum Gasteiger partial charge on any atom is 0.224 e. The first-order valence-electron chi connectivity index (χ1n) is 10.5. The van der Waals surface area contributed by atoms with Crippen molar-refractivity contribution >= 4 is 33.1 Å². The van der Waals surface area contributed by atoms with Gasteiger partial charge in [0.1, 0.15) is 28.1 Å². The van der Waals surface area contributed by atoms with Gasteiger partial charge in [0.25, 0.3) is 0 Å². The van der Waals surface area contributed by atoms with E-state index in [-0.39, 0.29) is 62.0 Å². The minimum atomic E-state index is -0.577. The number of phenols is 3. The Hall–Kier alpha value is -3.61. The first-order valence-corrected chi connectivity index (χ1v) is 10.5. The van der Waals surface area contributed by atoms with Gasteiger partial charge >= 0.3 is 0 Å². The van der Waals surface area contributed by atoms with Crippen LogP contribution >= 0.6 is 0 Å². The highest BCUT2D eigenvalue weighted by atomic mass is 16.4. The molecule has 0 unspecified atom stereocenters. The first-order chi connectivity index (χ1) is 15.1. The van der Waals surface area contributed by atoms with Crippen LogP contribution in [0.4, 0.5) is 0 Å². The Morgan fingerprint density at radius 2 is 1.66 bits per heavy atom. The van der Waals surface area contributed by atoms with Crippen molar-refractivity contribution < 1.29 is 29.3 Å². The van der Waals surface area contributed by atoms with Crippen molar-refractivity contribution in [2.75, 3.05) is 0 Å². The van der Waals surface area contributed by atoms with Crippen LogP contribution in [0.15, 0.2) is 43.5 Å². The molecule has 2 aromatic carbocycles. The summed E-state index contributed by atoms with van der Waals surface area (Å²) in [6, 6.07) is 3.52. The second-order valence-electron chi connectivity index (χ2n) is 9.36. The molecule has 0 saturated heterocycles. The minimum absolute atomic E-state index is 0.0188. The van der Waals surface area contributed by atoms with E-state index >= 15 is 0 Å². The largest absolute Gasteiger partial charge is 0.508 e. The van der Waals surface area contributed by atoms with Gasteiger partial charge in [-0.2, -0.15) is 0 Å². The van der Waals surface area contributed by atoms with Crippen LogP contribution in [0.5, 0.6) is 23.0 Å². The zero-order chi connectivity index (χ0) is 22.9. The van der Waals surface area contributed by atoms with Crippen LogP contribution < -0.4 is 5.43 Å². The molecular weight excluding hydrogens is 412 g/mol. The highest BCUT2D eigenvalue weighted by Gasteiger charge is 2.35. The van der Waals surface area contributed by atoms with Crippen molar-refractivity contribution in [2.24, 2.45) is 11.3 Å². The van der Waals surface area contributed by atoms with Crippen molar-refractivity contribution in [2.45, 2.75) is 40.0 Å². The van der Waals surface area contributed by atoms with Gasteiger partial charge in [0.15, 0.2) is 17.1 Å². The zero-order valence-electron chi connectivity index (χ0n) is 18.0. The molecule has 4 N–H and O–H groups in total. The third-order valence-corrected chi connectivity index (χ3v) is 6.86. The van der Waals surface area contributed by atoms with Gasteiger partial charge in [-0.25, -0.2) is 0 Å². The summed E-state index contributed by atoms with van der Waals surface area (Å²) in [5, 5.41) is 42.0. The van der Waals surface area contributed by atoms with Crippen molar-refractivity contribution in [1.29, 1.82) is 0 Å². The Morgan fingerprint density at radius 1 is 0.969 bits per heavy atom. The molecule has 7 nitrogen and oxygen atoms in total. The van der Waals surface area contributed by atoms with E-state index in [4.69, 9.17) is 8.83 Å². The average Bonchev–Trinajstić information content (AvgIpc) is 3.05. The van der Waals surface area contributed by atoms with Crippen molar-refractivity contribution in [3.05, 3.63) is 45.6 Å². The van der Waals surface area contributed by atoms with E-state index in [1.807, 2.05) is 0 Å². The van der Waals surface area contributed by atoms with Crippen LogP contribution in [0, 0.1) is 11.3 Å². The Morgan fingerprint density at radius 3 is 2.38 bits per heavy atom. The SMILES string of the molecule is CC1=CCCC(C)(C)[C@H]1Cc1c(O)c(=O)cc2oc3c(O)c4c(O)cc(O)cc4oc3c12. The molecule has 32 heavy (non-hydrogen) atoms. The van der Waals surface area contributed by atoms with Gasteiger partial charge in [-0.3, -0.25) is 4.79 Å². The predicted molar refractivity (Wildman–Crippen MR) is 120 cm³/mol. The van der Waals surface area contributed by atoms with Gasteiger partial charge < -0.3 is 29.3 Å². The Balaban J connectivity index is 1.86. The lowest BCUT2D eigenvalue weighted by molar-refractivity contribution is 0.213.